The molecule has 686 valence electrons. The molecule has 6 aromatic carbocycles. The van der Waals surface area contributed by atoms with Gasteiger partial charge in [0.15, 0.2) is 0 Å². The van der Waals surface area contributed by atoms with Crippen LogP contribution in [-0.2, 0) is 110 Å². The summed E-state index contributed by atoms with van der Waals surface area (Å²) in [5.74, 6) is -10.5. The number of fused-ring (bicyclic) bond motifs is 1. The van der Waals surface area contributed by atoms with Crippen LogP contribution in [0.4, 0.5) is 0 Å². The first-order valence-corrected chi connectivity index (χ1v) is 44.1. The van der Waals surface area contributed by atoms with Gasteiger partial charge in [0.2, 0.25) is 76.8 Å². The van der Waals surface area contributed by atoms with Crippen LogP contribution in [0.5, 0.6) is 11.5 Å². The lowest BCUT2D eigenvalue weighted by Crippen LogP contribution is -2.60. The summed E-state index contributed by atoms with van der Waals surface area (Å²) in [5.41, 5.74) is 16.1. The average molecular weight is 1780 g/mol. The number of aliphatic hydroxyl groups excluding tert-OH is 1. The van der Waals surface area contributed by atoms with Crippen molar-refractivity contribution in [1.82, 2.24) is 72.0 Å². The van der Waals surface area contributed by atoms with E-state index >= 15 is 19.2 Å². The smallest absolute Gasteiger partial charge is 0.246 e. The lowest BCUT2D eigenvalue weighted by atomic mass is 9.99. The maximum absolute atomic E-state index is 15.3. The molecular weight excluding hydrogens is 1660 g/mol. The number of phenols is 2. The minimum Gasteiger partial charge on any atom is -0.508 e. The van der Waals surface area contributed by atoms with Crippen LogP contribution >= 0.6 is 11.8 Å². The summed E-state index contributed by atoms with van der Waals surface area (Å²) in [4.78, 5) is 210. The number of benzene rings is 6. The summed E-state index contributed by atoms with van der Waals surface area (Å²) in [5, 5.41) is 53.0. The number of aromatic hydroxyl groups is 2. The van der Waals surface area contributed by atoms with Gasteiger partial charge in [0, 0.05) is 82.6 Å². The van der Waals surface area contributed by atoms with Gasteiger partial charge in [-0.2, -0.15) is 0 Å². The number of H-pyrrole nitrogens is 1. The number of amides is 13. The molecule has 0 bridgehead atoms. The first kappa shape index (κ1) is 99.2. The van der Waals surface area contributed by atoms with Gasteiger partial charge in [0.1, 0.15) is 90.5 Å². The first-order chi connectivity index (χ1) is 61.2. The highest BCUT2D eigenvalue weighted by Gasteiger charge is 2.50. The number of hydrogen-bond donors (Lipinski definition) is 14. The fourth-order valence-electron chi connectivity index (χ4n) is 15.6. The second kappa shape index (κ2) is 48.4. The molecule has 0 radical (unpaired) electrons. The van der Waals surface area contributed by atoms with Gasteiger partial charge in [-0.05, 0) is 116 Å². The van der Waals surface area contributed by atoms with Crippen LogP contribution in [-0.4, -0.2) is 279 Å². The van der Waals surface area contributed by atoms with E-state index in [0.29, 0.717) is 47.8 Å². The number of hydrogen-bond acceptors (Lipinski definition) is 21. The number of rotatable bonds is 49. The number of unbranched alkanes of at least 4 members (excludes halogenated alkanes) is 1. The quantitative estimate of drug-likeness (QED) is 0.0191. The largest absolute Gasteiger partial charge is 0.508 e. The van der Waals surface area contributed by atoms with Crippen molar-refractivity contribution >= 4 is 106 Å². The van der Waals surface area contributed by atoms with Gasteiger partial charge in [-0.3, -0.25) is 67.2 Å². The van der Waals surface area contributed by atoms with Crippen LogP contribution < -0.4 is 54.0 Å². The Morgan fingerprint density at radius 1 is 0.562 bits per heavy atom. The van der Waals surface area contributed by atoms with E-state index in [1.807, 2.05) is 55.5 Å². The number of carbonyl (C=O) groups is 14. The van der Waals surface area contributed by atoms with Crippen LogP contribution in [0.3, 0.4) is 0 Å². The maximum atomic E-state index is 15.3. The third-order valence-electron chi connectivity index (χ3n) is 22.7. The van der Waals surface area contributed by atoms with Crippen molar-refractivity contribution in [2.75, 3.05) is 65.9 Å². The molecule has 0 spiro atoms. The van der Waals surface area contributed by atoms with Crippen molar-refractivity contribution in [3.63, 3.8) is 0 Å². The number of aromatic nitrogens is 1. The van der Waals surface area contributed by atoms with E-state index in [1.165, 1.54) is 84.1 Å². The molecule has 3 heterocycles. The zero-order valence-electron chi connectivity index (χ0n) is 73.4. The molecular formula is C93H120N16O18S. The number of epoxide rings is 1. The van der Waals surface area contributed by atoms with Gasteiger partial charge in [0.25, 0.3) is 0 Å². The van der Waals surface area contributed by atoms with Crippen LogP contribution in [0.2, 0.25) is 0 Å². The number of carbonyl (C=O) groups excluding carboxylic acids is 14. The minimum atomic E-state index is -1.54. The molecule has 35 heteroatoms. The van der Waals surface area contributed by atoms with E-state index in [0.717, 1.165) is 33.8 Å². The number of aldehydes is 1. The second-order valence-electron chi connectivity index (χ2n) is 33.1. The number of para-hydroxylation sites is 1. The molecule has 2 fully saturated rings. The Labute approximate surface area is 748 Å². The SMILES string of the molecule is CCCC[C@@H](C(=O)N1CCC[C@@H]1C(=O)N[C@H](C=O)CO)N(C)C(=O)C(Cc1ccccc1)N(C)C(=O)[C@H](Cc1ccccc1)NC(=O)CSC[C@H](NC(=O)[C@H](CC(C)C)NC(=O)[C@H](Cc1ccc(O)cc1)NC(=O)[C@H](Cc1c[nH]c2ccccc12)NC(=O)CN(C)C1OC1[C@H](Cc1ccc(O)cc1)NC(=O)C(Cc1ccccc1)N(C)C(=O)[C@H](C)N)C(=O)NCC(N)=O. The summed E-state index contributed by atoms with van der Waals surface area (Å²) in [6, 6.07) is 31.8. The highest BCUT2D eigenvalue weighted by atomic mass is 32.2. The molecule has 16 N–H and O–H groups in total. The Morgan fingerprint density at radius 2 is 1.08 bits per heavy atom. The van der Waals surface area contributed by atoms with Crippen LogP contribution in [0.1, 0.15) is 99.6 Å². The molecule has 0 saturated carbocycles. The highest BCUT2D eigenvalue weighted by Crippen LogP contribution is 2.32. The Kier molecular flexibility index (Phi) is 37.5. The van der Waals surface area contributed by atoms with Crippen molar-refractivity contribution in [1.29, 1.82) is 0 Å². The molecule has 1 aromatic heterocycles. The molecule has 2 aliphatic rings. The summed E-state index contributed by atoms with van der Waals surface area (Å²) in [7, 11) is 6.02. The predicted molar refractivity (Wildman–Crippen MR) is 481 cm³/mol. The number of phenolic OH excluding ortho intramolecular Hbond substituents is 2. The monoisotopic (exact) mass is 1780 g/mol. The van der Waals surface area contributed by atoms with Crippen molar-refractivity contribution in [2.24, 2.45) is 17.4 Å². The Morgan fingerprint density at radius 3 is 1.66 bits per heavy atom. The number of nitrogens with one attached hydrogen (secondary N) is 9. The number of nitrogens with two attached hydrogens (primary N) is 2. The zero-order chi connectivity index (χ0) is 92.8. The molecule has 128 heavy (non-hydrogen) atoms. The molecule has 34 nitrogen and oxygen atoms in total. The Balaban J connectivity index is 0.918. The van der Waals surface area contributed by atoms with Crippen molar-refractivity contribution < 1.29 is 87.2 Å². The molecule has 9 rings (SSSR count). The number of ether oxygens (including phenoxy) is 1. The minimum absolute atomic E-state index is 0.0183. The van der Waals surface area contributed by atoms with Crippen LogP contribution in [0.15, 0.2) is 170 Å². The van der Waals surface area contributed by atoms with Gasteiger partial charge < -0.3 is 103 Å². The van der Waals surface area contributed by atoms with E-state index < -0.39 is 181 Å². The summed E-state index contributed by atoms with van der Waals surface area (Å²) >= 11 is 0.861. The van der Waals surface area contributed by atoms with E-state index in [4.69, 9.17) is 16.2 Å². The maximum Gasteiger partial charge on any atom is 0.246 e. The van der Waals surface area contributed by atoms with E-state index in [9.17, 15) is 63.3 Å². The second-order valence-corrected chi connectivity index (χ2v) is 34.1. The van der Waals surface area contributed by atoms with Gasteiger partial charge in [-0.25, -0.2) is 0 Å². The lowest BCUT2D eigenvalue weighted by Gasteiger charge is -2.38. The summed E-state index contributed by atoms with van der Waals surface area (Å²) in [6.07, 6.45) is 2.41. The molecule has 7 aromatic rings. The number of likely N-dealkylation sites (tertiary alicyclic amines) is 1. The van der Waals surface area contributed by atoms with E-state index in [2.05, 4.69) is 47.5 Å². The van der Waals surface area contributed by atoms with E-state index in [1.54, 1.807) is 111 Å². The third-order valence-corrected chi connectivity index (χ3v) is 23.7. The number of primary amides is 1. The zero-order valence-corrected chi connectivity index (χ0v) is 74.2. The molecule has 4 unspecified atom stereocenters. The van der Waals surface area contributed by atoms with Gasteiger partial charge >= 0.3 is 0 Å². The molecule has 2 saturated heterocycles. The standard InChI is InChI=1S/C93H120N16O18S/c1-9-10-31-76(92(126)109-41-22-32-75(109)87(121)98-64(52-110)53-111)106(6)91(125)78(47-60-27-18-13-19-28-60)108(8)90(124)73(45-58-23-14-11-15-24-58)100-81(116)55-128-54-74(83(117)97-50-79(95)114)104-84(118)70(42-56(2)3)102-85(119)71(44-62-35-39-66(113)40-36-62)103-86(120)72(48-63-49-96-68-30-21-20-29-67(63)68)99-80(115)51-105(5)93-82(127-93)69(43-61-33-37-65(112)38-34-61)101-88(122)77(107(7)89(123)57(4)94)46-59-25-16-12-17-26-59/h11-21,23-30,33-40,49,52,56-57,64,69-78,82,93,96,111-113H,9-10,22,31-32,41-48,50-51,53-55,94H2,1-8H3,(H2,95,114)(H,97,117)(H,98,121)(H,99,115)(H,100,116)(H,101,122)(H,102,119)(H,103,120)(H,104,118)/t57-,64+,69-,70-,71-,72-,73-,74-,75+,76-,77?,78?,82?,93?/m0/s1. The average Bonchev–Trinajstić information content (AvgIpc) is 1.65. The fourth-order valence-corrected chi connectivity index (χ4v) is 16.5. The third kappa shape index (κ3) is 29.0. The molecule has 13 amide bonds. The topological polar surface area (TPSA) is 492 Å². The first-order valence-electron chi connectivity index (χ1n) is 43.0. The molecule has 0 aliphatic carbocycles. The van der Waals surface area contributed by atoms with Crippen molar-refractivity contribution in [3.8, 4) is 11.5 Å². The van der Waals surface area contributed by atoms with Crippen molar-refractivity contribution in [3.05, 3.63) is 203 Å². The summed E-state index contributed by atoms with van der Waals surface area (Å²) < 4.78 is 6.28. The normalized spacial score (nSPS) is 16.7. The molecule has 2 aliphatic heterocycles. The van der Waals surface area contributed by atoms with Gasteiger partial charge in [-0.15, -0.1) is 11.8 Å². The lowest BCUT2D eigenvalue weighted by molar-refractivity contribution is -0.152. The number of aromatic amines is 1. The highest BCUT2D eigenvalue weighted by molar-refractivity contribution is 8.00. The fraction of sp³-hybridized carbons (Fsp3) is 0.441. The van der Waals surface area contributed by atoms with Gasteiger partial charge in [0.05, 0.1) is 37.5 Å². The molecule has 14 atom stereocenters. The number of thioether (sulfide) groups is 1. The number of aliphatic hydroxyl groups is 1. The number of likely N-dealkylation sites (N-methyl/N-ethyl adjacent to an activating group) is 4. The van der Waals surface area contributed by atoms with Gasteiger partial charge in [-0.1, -0.05) is 167 Å². The Bertz CT molecular complexity index is 4940. The predicted octanol–water partition coefficient (Wildman–Crippen LogP) is 1.97. The van der Waals surface area contributed by atoms with E-state index in [-0.39, 0.29) is 94.0 Å². The summed E-state index contributed by atoms with van der Waals surface area (Å²) in [6.45, 7) is 5.48. The van der Waals surface area contributed by atoms with Crippen LogP contribution in [0.25, 0.3) is 10.9 Å². The van der Waals surface area contributed by atoms with Crippen molar-refractivity contribution in [2.45, 2.75) is 190 Å². The number of nitrogens with zero attached hydrogens (tertiary/aromatic N) is 5. The van der Waals surface area contributed by atoms with Crippen LogP contribution in [0, 0.1) is 5.92 Å². The Hall–Kier alpha value is -12.6.